The number of ether oxygens (including phenoxy) is 1. The van der Waals surface area contributed by atoms with E-state index in [0.29, 0.717) is 11.6 Å². The largest absolute Gasteiger partial charge is 0.496 e. The van der Waals surface area contributed by atoms with Gasteiger partial charge >= 0.3 is 0 Å². The van der Waals surface area contributed by atoms with Crippen molar-refractivity contribution in [3.8, 4) is 17.1 Å². The maximum atomic E-state index is 11.4. The average molecular weight is 217 g/mol. The van der Waals surface area contributed by atoms with E-state index >= 15 is 0 Å². The molecule has 0 fully saturated rings. The molecule has 0 spiro atoms. The van der Waals surface area contributed by atoms with E-state index < -0.39 is 0 Å². The number of aromatic nitrogens is 2. The van der Waals surface area contributed by atoms with E-state index in [1.807, 2.05) is 18.2 Å². The van der Waals surface area contributed by atoms with Crippen LogP contribution < -0.4 is 16.0 Å². The molecule has 1 aromatic heterocycles. The van der Waals surface area contributed by atoms with Gasteiger partial charge in [-0.1, -0.05) is 12.1 Å². The van der Waals surface area contributed by atoms with E-state index in [4.69, 9.17) is 10.5 Å². The van der Waals surface area contributed by atoms with Crippen molar-refractivity contribution in [2.24, 2.45) is 0 Å². The third-order valence-electron chi connectivity index (χ3n) is 2.19. The lowest BCUT2D eigenvalue weighted by Crippen LogP contribution is -2.13. The molecular formula is C11H11N3O2. The summed E-state index contributed by atoms with van der Waals surface area (Å²) in [5.74, 6) is 1.09. The molecule has 0 radical (unpaired) electrons. The number of anilines is 1. The summed E-state index contributed by atoms with van der Waals surface area (Å²) < 4.78 is 5.18. The molecule has 16 heavy (non-hydrogen) atoms. The molecule has 5 nitrogen and oxygen atoms in total. The number of aromatic amines is 1. The number of nitrogens with zero attached hydrogens (tertiary/aromatic N) is 1. The first-order valence-corrected chi connectivity index (χ1v) is 4.70. The summed E-state index contributed by atoms with van der Waals surface area (Å²) in [6.07, 6.45) is 1.33. The molecule has 0 unspecified atom stereocenters. The molecule has 0 aliphatic carbocycles. The molecule has 2 aromatic rings. The van der Waals surface area contributed by atoms with Crippen molar-refractivity contribution in [3.63, 3.8) is 0 Å². The first-order valence-electron chi connectivity index (χ1n) is 4.70. The Morgan fingerprint density at radius 1 is 1.38 bits per heavy atom. The highest BCUT2D eigenvalue weighted by Crippen LogP contribution is 2.25. The van der Waals surface area contributed by atoms with Gasteiger partial charge in [-0.2, -0.15) is 0 Å². The van der Waals surface area contributed by atoms with Gasteiger partial charge in [-0.15, -0.1) is 0 Å². The summed E-state index contributed by atoms with van der Waals surface area (Å²) in [5, 5.41) is 0. The summed E-state index contributed by atoms with van der Waals surface area (Å²) in [4.78, 5) is 18.0. The Kier molecular flexibility index (Phi) is 2.59. The van der Waals surface area contributed by atoms with E-state index in [9.17, 15) is 4.79 Å². The predicted octanol–water partition coefficient (Wildman–Crippen LogP) is 1.03. The fourth-order valence-electron chi connectivity index (χ4n) is 1.38. The molecule has 5 heteroatoms. The van der Waals surface area contributed by atoms with Crippen LogP contribution in [0.25, 0.3) is 11.4 Å². The Labute approximate surface area is 91.9 Å². The van der Waals surface area contributed by atoms with Gasteiger partial charge in [0, 0.05) is 0 Å². The first kappa shape index (κ1) is 10.2. The van der Waals surface area contributed by atoms with Crippen LogP contribution in [-0.4, -0.2) is 17.1 Å². The van der Waals surface area contributed by atoms with Crippen LogP contribution in [0.1, 0.15) is 0 Å². The molecule has 0 amide bonds. The lowest BCUT2D eigenvalue weighted by atomic mass is 10.2. The number of nitrogens with two attached hydrogens (primary N) is 1. The molecule has 0 saturated heterocycles. The van der Waals surface area contributed by atoms with Crippen molar-refractivity contribution >= 4 is 5.69 Å². The van der Waals surface area contributed by atoms with Crippen molar-refractivity contribution in [3.05, 3.63) is 40.8 Å². The second-order valence-corrected chi connectivity index (χ2v) is 3.22. The molecule has 0 bridgehead atoms. The van der Waals surface area contributed by atoms with E-state index in [-0.39, 0.29) is 11.2 Å². The highest BCUT2D eigenvalue weighted by atomic mass is 16.5. The van der Waals surface area contributed by atoms with Gasteiger partial charge in [0.25, 0.3) is 5.56 Å². The number of para-hydroxylation sites is 1. The van der Waals surface area contributed by atoms with Crippen LogP contribution in [0, 0.1) is 0 Å². The SMILES string of the molecule is COc1ccccc1-c1ncc(N)c(=O)[nH]1. The highest BCUT2D eigenvalue weighted by molar-refractivity contribution is 5.64. The minimum Gasteiger partial charge on any atom is -0.496 e. The summed E-state index contributed by atoms with van der Waals surface area (Å²) in [6, 6.07) is 7.30. The van der Waals surface area contributed by atoms with Crippen molar-refractivity contribution in [1.29, 1.82) is 0 Å². The molecule has 1 aromatic carbocycles. The van der Waals surface area contributed by atoms with Gasteiger partial charge in [0.05, 0.1) is 18.9 Å². The number of hydrogen-bond donors (Lipinski definition) is 2. The van der Waals surface area contributed by atoms with Crippen molar-refractivity contribution in [2.75, 3.05) is 12.8 Å². The fourth-order valence-corrected chi connectivity index (χ4v) is 1.38. The Bertz CT molecular complexity index is 563. The number of methoxy groups -OCH3 is 1. The Hall–Kier alpha value is -2.30. The summed E-state index contributed by atoms with van der Waals surface area (Å²) in [7, 11) is 1.56. The first-order chi connectivity index (χ1) is 7.72. The van der Waals surface area contributed by atoms with Crippen LogP contribution in [0.3, 0.4) is 0 Å². The maximum Gasteiger partial charge on any atom is 0.274 e. The van der Waals surface area contributed by atoms with E-state index in [0.717, 1.165) is 5.56 Å². The molecule has 0 saturated carbocycles. The molecule has 0 aliphatic rings. The van der Waals surface area contributed by atoms with E-state index in [2.05, 4.69) is 9.97 Å². The normalized spacial score (nSPS) is 10.1. The molecule has 1 heterocycles. The van der Waals surface area contributed by atoms with Gasteiger partial charge in [-0.3, -0.25) is 4.79 Å². The third-order valence-corrected chi connectivity index (χ3v) is 2.19. The molecule has 2 rings (SSSR count). The van der Waals surface area contributed by atoms with Gasteiger partial charge in [0.15, 0.2) is 0 Å². The van der Waals surface area contributed by atoms with Crippen molar-refractivity contribution < 1.29 is 4.74 Å². The van der Waals surface area contributed by atoms with E-state index in [1.54, 1.807) is 13.2 Å². The smallest absolute Gasteiger partial charge is 0.274 e. The van der Waals surface area contributed by atoms with Gasteiger partial charge in [0.2, 0.25) is 0 Å². The predicted molar refractivity (Wildman–Crippen MR) is 61.3 cm³/mol. The van der Waals surface area contributed by atoms with Crippen LogP contribution in [0.4, 0.5) is 5.69 Å². The van der Waals surface area contributed by atoms with E-state index in [1.165, 1.54) is 6.20 Å². The lowest BCUT2D eigenvalue weighted by molar-refractivity contribution is 0.416. The standard InChI is InChI=1S/C11H11N3O2/c1-16-9-5-3-2-4-7(9)10-13-6-8(12)11(15)14-10/h2-6H,12H2,1H3,(H,13,14,15). The maximum absolute atomic E-state index is 11.4. The van der Waals surface area contributed by atoms with Gasteiger partial charge < -0.3 is 15.5 Å². The van der Waals surface area contributed by atoms with Crippen LogP contribution in [0.15, 0.2) is 35.3 Å². The van der Waals surface area contributed by atoms with Gasteiger partial charge in [-0.05, 0) is 12.1 Å². The van der Waals surface area contributed by atoms with Crippen molar-refractivity contribution in [2.45, 2.75) is 0 Å². The lowest BCUT2D eigenvalue weighted by Gasteiger charge is -2.06. The zero-order valence-electron chi connectivity index (χ0n) is 8.73. The molecule has 3 N–H and O–H groups in total. The molecule has 0 aliphatic heterocycles. The summed E-state index contributed by atoms with van der Waals surface area (Å²) >= 11 is 0. The van der Waals surface area contributed by atoms with Crippen LogP contribution in [0.5, 0.6) is 5.75 Å². The molecule has 82 valence electrons. The zero-order valence-corrected chi connectivity index (χ0v) is 8.73. The Morgan fingerprint density at radius 2 is 2.12 bits per heavy atom. The van der Waals surface area contributed by atoms with Crippen LogP contribution in [-0.2, 0) is 0 Å². The number of H-pyrrole nitrogens is 1. The minimum atomic E-state index is -0.351. The highest BCUT2D eigenvalue weighted by Gasteiger charge is 2.07. The van der Waals surface area contributed by atoms with Crippen molar-refractivity contribution in [1.82, 2.24) is 9.97 Å². The number of nitrogen functional groups attached to an aromatic ring is 1. The zero-order chi connectivity index (χ0) is 11.5. The monoisotopic (exact) mass is 217 g/mol. The number of benzene rings is 1. The molecule has 0 atom stereocenters. The number of rotatable bonds is 2. The quantitative estimate of drug-likeness (QED) is 0.787. The van der Waals surface area contributed by atoms with Crippen LogP contribution in [0.2, 0.25) is 0 Å². The van der Waals surface area contributed by atoms with Gasteiger partial charge in [0.1, 0.15) is 17.3 Å². The average Bonchev–Trinajstić information content (AvgIpc) is 2.32. The van der Waals surface area contributed by atoms with Crippen LogP contribution >= 0.6 is 0 Å². The fraction of sp³-hybridized carbons (Fsp3) is 0.0909. The Morgan fingerprint density at radius 3 is 2.81 bits per heavy atom. The third kappa shape index (κ3) is 1.75. The molecular weight excluding hydrogens is 206 g/mol. The summed E-state index contributed by atoms with van der Waals surface area (Å²) in [6.45, 7) is 0. The minimum absolute atomic E-state index is 0.0960. The summed E-state index contributed by atoms with van der Waals surface area (Å²) in [5.41, 5.74) is 5.87. The second-order valence-electron chi connectivity index (χ2n) is 3.22. The second kappa shape index (κ2) is 4.06. The number of nitrogens with one attached hydrogen (secondary N) is 1. The van der Waals surface area contributed by atoms with Gasteiger partial charge in [-0.25, -0.2) is 4.98 Å². The number of hydrogen-bond acceptors (Lipinski definition) is 4. The topological polar surface area (TPSA) is 81.0 Å². The Balaban J connectivity index is 2.58.